The molecule has 0 aromatic heterocycles. The molecular formula is C33H41O4P. The van der Waals surface area contributed by atoms with E-state index in [1.807, 2.05) is 80.5 Å². The molecule has 0 fully saturated rings. The third-order valence-corrected chi connectivity index (χ3v) is 10.0. The fourth-order valence-electron chi connectivity index (χ4n) is 5.83. The van der Waals surface area contributed by atoms with Gasteiger partial charge in [0.15, 0.2) is 0 Å². The minimum absolute atomic E-state index is 0.0562. The van der Waals surface area contributed by atoms with E-state index in [4.69, 9.17) is 4.74 Å². The number of esters is 1. The maximum Gasteiger partial charge on any atom is 0.310 e. The molecule has 38 heavy (non-hydrogen) atoms. The van der Waals surface area contributed by atoms with Crippen molar-refractivity contribution < 1.29 is 18.9 Å². The van der Waals surface area contributed by atoms with Gasteiger partial charge in [0, 0.05) is 16.2 Å². The molecule has 5 heteroatoms. The van der Waals surface area contributed by atoms with Crippen LogP contribution in [0, 0.1) is 37.5 Å². The Labute approximate surface area is 228 Å². The third kappa shape index (κ3) is 5.86. The Kier molecular flexibility index (Phi) is 8.58. The molecule has 0 aliphatic carbocycles. The summed E-state index contributed by atoms with van der Waals surface area (Å²) in [7, 11) is -3.67. The van der Waals surface area contributed by atoms with Crippen LogP contribution in [0.1, 0.15) is 74.2 Å². The van der Waals surface area contributed by atoms with E-state index in [1.165, 1.54) is 0 Å². The molecule has 0 bridgehead atoms. The van der Waals surface area contributed by atoms with Gasteiger partial charge >= 0.3 is 5.97 Å². The molecule has 3 rings (SSSR count). The van der Waals surface area contributed by atoms with E-state index in [0.717, 1.165) is 16.7 Å². The molecule has 0 amide bonds. The average molecular weight is 533 g/mol. The minimum Gasteiger partial charge on any atom is -0.461 e. The van der Waals surface area contributed by atoms with Crippen LogP contribution in [0.5, 0.6) is 0 Å². The van der Waals surface area contributed by atoms with Crippen molar-refractivity contribution in [1.29, 1.82) is 0 Å². The van der Waals surface area contributed by atoms with Gasteiger partial charge in [-0.2, -0.15) is 0 Å². The Bertz CT molecular complexity index is 1300. The van der Waals surface area contributed by atoms with Crippen LogP contribution >= 0.6 is 7.14 Å². The van der Waals surface area contributed by atoms with Crippen molar-refractivity contribution in [3.8, 4) is 0 Å². The van der Waals surface area contributed by atoms with Crippen LogP contribution in [0.15, 0.2) is 66.7 Å². The molecule has 202 valence electrons. The molecule has 0 N–H and O–H groups in total. The van der Waals surface area contributed by atoms with Crippen molar-refractivity contribution >= 4 is 29.2 Å². The van der Waals surface area contributed by atoms with Crippen molar-refractivity contribution in [3.63, 3.8) is 0 Å². The molecule has 0 saturated carbocycles. The molecule has 0 aliphatic rings. The number of hydrogen-bond acceptors (Lipinski definition) is 4. The lowest BCUT2D eigenvalue weighted by molar-refractivity contribution is -0.159. The van der Waals surface area contributed by atoms with Crippen molar-refractivity contribution in [2.75, 3.05) is 0 Å². The summed E-state index contributed by atoms with van der Waals surface area (Å²) < 4.78 is 20.7. The predicted octanol–water partition coefficient (Wildman–Crippen LogP) is 7.52. The predicted molar refractivity (Wildman–Crippen MR) is 157 cm³/mol. The summed E-state index contributed by atoms with van der Waals surface area (Å²) in [5, 5.41) is 1.00. The lowest BCUT2D eigenvalue weighted by Crippen LogP contribution is -2.40. The molecule has 4 nitrogen and oxygen atoms in total. The number of hydrogen-bond donors (Lipinski definition) is 0. The van der Waals surface area contributed by atoms with Gasteiger partial charge in [-0.25, -0.2) is 0 Å². The molecule has 3 aromatic carbocycles. The Balaban J connectivity index is 2.09. The molecule has 0 saturated heterocycles. The highest BCUT2D eigenvalue weighted by molar-refractivity contribution is 7.93. The molecule has 0 spiro atoms. The monoisotopic (exact) mass is 532 g/mol. The van der Waals surface area contributed by atoms with Crippen molar-refractivity contribution in [2.45, 2.75) is 68.9 Å². The van der Waals surface area contributed by atoms with Gasteiger partial charge in [0.2, 0.25) is 12.7 Å². The Morgan fingerprint density at radius 3 is 1.63 bits per heavy atom. The lowest BCUT2D eigenvalue weighted by Gasteiger charge is -2.38. The summed E-state index contributed by atoms with van der Waals surface area (Å²) in [5.74, 6) is -0.560. The summed E-state index contributed by atoms with van der Waals surface area (Å²) >= 11 is 0. The summed E-state index contributed by atoms with van der Waals surface area (Å²) in [5.41, 5.74) is 2.66. The first-order valence-corrected chi connectivity index (χ1v) is 14.8. The van der Waals surface area contributed by atoms with Crippen LogP contribution in [-0.4, -0.2) is 11.5 Å². The van der Waals surface area contributed by atoms with Gasteiger partial charge in [0.25, 0.3) is 0 Å². The maximum absolute atomic E-state index is 14.8. The highest BCUT2D eigenvalue weighted by Crippen LogP contribution is 2.48. The van der Waals surface area contributed by atoms with Crippen LogP contribution in [0.25, 0.3) is 0 Å². The van der Waals surface area contributed by atoms with Gasteiger partial charge in [-0.3, -0.25) is 9.59 Å². The standard InChI is InChI=1S/C33H41O4P/c1-22-20-23(2)28(24(3)27(22)21-37-30(34)29(32(4,5)6)33(7,8)9)31(35)38(36,25-16-12-10-13-17-25)26-18-14-11-15-19-26/h10-20,29H,21H2,1-9H3. The summed E-state index contributed by atoms with van der Waals surface area (Å²) in [6.07, 6.45) is 0. The van der Waals surface area contributed by atoms with Crippen molar-refractivity contribution in [1.82, 2.24) is 0 Å². The topological polar surface area (TPSA) is 60.4 Å². The first kappa shape index (κ1) is 29.6. The van der Waals surface area contributed by atoms with E-state index in [-0.39, 0.29) is 29.3 Å². The molecule has 0 radical (unpaired) electrons. The Morgan fingerprint density at radius 2 is 1.21 bits per heavy atom. The fraction of sp³-hybridized carbons (Fsp3) is 0.394. The fourth-order valence-corrected chi connectivity index (χ4v) is 8.44. The van der Waals surface area contributed by atoms with Gasteiger partial charge < -0.3 is 9.30 Å². The van der Waals surface area contributed by atoms with Gasteiger partial charge in [-0.15, -0.1) is 0 Å². The second kappa shape index (κ2) is 11.0. The van der Waals surface area contributed by atoms with Gasteiger partial charge in [-0.05, 0) is 53.9 Å². The van der Waals surface area contributed by atoms with E-state index in [1.54, 1.807) is 48.5 Å². The highest BCUT2D eigenvalue weighted by atomic mass is 31.2. The largest absolute Gasteiger partial charge is 0.461 e. The van der Waals surface area contributed by atoms with Crippen LogP contribution in [-0.2, 0) is 20.7 Å². The van der Waals surface area contributed by atoms with E-state index in [2.05, 4.69) is 0 Å². The zero-order valence-electron chi connectivity index (χ0n) is 24.2. The van der Waals surface area contributed by atoms with Crippen LogP contribution in [0.4, 0.5) is 0 Å². The number of aryl methyl sites for hydroxylation is 2. The lowest BCUT2D eigenvalue weighted by atomic mass is 9.67. The average Bonchev–Trinajstić information content (AvgIpc) is 2.82. The summed E-state index contributed by atoms with van der Waals surface area (Å²) in [6, 6.07) is 19.9. The SMILES string of the molecule is Cc1cc(C)c(C(=O)P(=O)(c2ccccc2)c2ccccc2)c(C)c1COC(=O)C(C(C)(C)C)C(C)(C)C. The number of carbonyl (C=O) groups excluding carboxylic acids is 2. The number of ether oxygens (including phenoxy) is 1. The van der Waals surface area contributed by atoms with Crippen LogP contribution in [0.2, 0.25) is 0 Å². The normalized spacial score (nSPS) is 12.5. The number of carbonyl (C=O) groups is 2. The highest BCUT2D eigenvalue weighted by Gasteiger charge is 2.42. The smallest absolute Gasteiger partial charge is 0.310 e. The Hall–Kier alpha value is -2.97. The summed E-state index contributed by atoms with van der Waals surface area (Å²) in [6.45, 7) is 18.0. The minimum atomic E-state index is -3.67. The van der Waals surface area contributed by atoms with Gasteiger partial charge in [0.05, 0.1) is 5.92 Å². The van der Waals surface area contributed by atoms with E-state index in [0.29, 0.717) is 21.7 Å². The van der Waals surface area contributed by atoms with Crippen LogP contribution < -0.4 is 10.6 Å². The van der Waals surface area contributed by atoms with E-state index >= 15 is 0 Å². The number of rotatable bonds is 7. The van der Waals surface area contributed by atoms with Crippen molar-refractivity contribution in [3.05, 3.63) is 94.5 Å². The third-order valence-electron chi connectivity index (χ3n) is 7.20. The molecule has 0 aliphatic heterocycles. The van der Waals surface area contributed by atoms with Gasteiger partial charge in [-0.1, -0.05) is 108 Å². The second-order valence-corrected chi connectivity index (χ2v) is 15.0. The first-order chi connectivity index (χ1) is 17.6. The van der Waals surface area contributed by atoms with E-state index in [9.17, 15) is 14.2 Å². The van der Waals surface area contributed by atoms with Crippen LogP contribution in [0.3, 0.4) is 0 Å². The maximum atomic E-state index is 14.8. The molecule has 3 aromatic rings. The Morgan fingerprint density at radius 1 is 0.763 bits per heavy atom. The van der Waals surface area contributed by atoms with Gasteiger partial charge in [0.1, 0.15) is 6.61 Å². The van der Waals surface area contributed by atoms with E-state index < -0.39 is 12.7 Å². The van der Waals surface area contributed by atoms with Crippen molar-refractivity contribution in [2.24, 2.45) is 16.7 Å². The number of benzene rings is 3. The quantitative estimate of drug-likeness (QED) is 0.233. The molecular weight excluding hydrogens is 491 g/mol. The molecule has 0 atom stereocenters. The second-order valence-electron chi connectivity index (χ2n) is 12.3. The zero-order chi connectivity index (χ0) is 28.5. The first-order valence-electron chi connectivity index (χ1n) is 13.1. The molecule has 0 heterocycles. The zero-order valence-corrected chi connectivity index (χ0v) is 25.1. The molecule has 0 unspecified atom stereocenters. The summed E-state index contributed by atoms with van der Waals surface area (Å²) in [4.78, 5) is 27.6.